The third-order valence-electron chi connectivity index (χ3n) is 3.70. The normalized spacial score (nSPS) is 10.7. The maximum Gasteiger partial charge on any atom is 0.315 e. The molecule has 2 aromatic carbocycles. The molecule has 8 nitrogen and oxygen atoms in total. The van der Waals surface area contributed by atoms with Crippen LogP contribution >= 0.6 is 0 Å². The zero-order chi connectivity index (χ0) is 18.0. The fourth-order valence-corrected chi connectivity index (χ4v) is 2.55. The third-order valence-corrected chi connectivity index (χ3v) is 3.70. The zero-order valence-electron chi connectivity index (χ0n) is 14.0. The van der Waals surface area contributed by atoms with Gasteiger partial charge in [-0.2, -0.15) is 0 Å². The van der Waals surface area contributed by atoms with Crippen molar-refractivity contribution < 1.29 is 19.1 Å². The Morgan fingerprint density at radius 1 is 1.20 bits per heavy atom. The Hall–Kier alpha value is -3.29. The lowest BCUT2D eigenvalue weighted by atomic mass is 10.1. The van der Waals surface area contributed by atoms with Gasteiger partial charge in [-0.15, -0.1) is 0 Å². The first-order chi connectivity index (χ1) is 12.1. The number of hydrogen-bond acceptors (Lipinski definition) is 6. The maximum absolute atomic E-state index is 11.4. The van der Waals surface area contributed by atoms with Crippen LogP contribution in [0.15, 0.2) is 30.3 Å². The quantitative estimate of drug-likeness (QED) is 0.543. The molecular formula is C17H17N3O5. The number of benzene rings is 2. The van der Waals surface area contributed by atoms with E-state index >= 15 is 0 Å². The summed E-state index contributed by atoms with van der Waals surface area (Å²) in [6.45, 7) is 2.05. The van der Waals surface area contributed by atoms with Crippen molar-refractivity contribution in [2.45, 2.75) is 6.92 Å². The first kappa shape index (κ1) is 16.6. The minimum absolute atomic E-state index is 0.108. The molecule has 0 aliphatic heterocycles. The van der Waals surface area contributed by atoms with Gasteiger partial charge in [-0.25, -0.2) is 4.98 Å². The average molecular weight is 343 g/mol. The first-order valence-corrected chi connectivity index (χ1v) is 7.60. The summed E-state index contributed by atoms with van der Waals surface area (Å²) < 4.78 is 15.9. The molecule has 1 heterocycles. The fourth-order valence-electron chi connectivity index (χ4n) is 2.55. The molecular weight excluding hydrogens is 326 g/mol. The second kappa shape index (κ2) is 6.68. The third kappa shape index (κ3) is 3.06. The Morgan fingerprint density at radius 2 is 2.00 bits per heavy atom. The molecule has 0 radical (unpaired) electrons. The monoisotopic (exact) mass is 343 g/mol. The lowest BCUT2D eigenvalue weighted by molar-refractivity contribution is -0.385. The molecule has 0 spiro atoms. The van der Waals surface area contributed by atoms with Crippen LogP contribution in [0.1, 0.15) is 6.92 Å². The molecule has 0 saturated heterocycles. The molecule has 0 saturated carbocycles. The number of ether oxygens (including phenoxy) is 3. The number of methoxy groups -OCH3 is 2. The van der Waals surface area contributed by atoms with Crippen molar-refractivity contribution in [3.63, 3.8) is 0 Å². The zero-order valence-corrected chi connectivity index (χ0v) is 14.0. The number of aromatic amines is 1. The van der Waals surface area contributed by atoms with Gasteiger partial charge in [0.2, 0.25) is 5.75 Å². The molecule has 1 aromatic heterocycles. The summed E-state index contributed by atoms with van der Waals surface area (Å²) in [5.41, 5.74) is 1.85. The van der Waals surface area contributed by atoms with Crippen LogP contribution in [0.4, 0.5) is 5.69 Å². The summed E-state index contributed by atoms with van der Waals surface area (Å²) >= 11 is 0. The standard InChI is InChI=1S/C17H17N3O5/c1-4-25-16-14(20(21)22)7-10(8-15(16)24-3)17-18-12-6-5-11(23-2)9-13(12)19-17/h5-9H,4H2,1-3H3,(H,18,19). The van der Waals surface area contributed by atoms with E-state index in [1.807, 2.05) is 12.1 Å². The molecule has 130 valence electrons. The minimum atomic E-state index is -0.497. The molecule has 3 rings (SSSR count). The molecule has 0 atom stereocenters. The number of aromatic nitrogens is 2. The Morgan fingerprint density at radius 3 is 2.64 bits per heavy atom. The Balaban J connectivity index is 2.16. The number of H-pyrrole nitrogens is 1. The van der Waals surface area contributed by atoms with Crippen molar-refractivity contribution in [3.05, 3.63) is 40.4 Å². The SMILES string of the molecule is CCOc1c(OC)cc(-c2nc3ccc(OC)cc3[nH]2)cc1[N+](=O)[O-]. The minimum Gasteiger partial charge on any atom is -0.497 e. The molecule has 0 aliphatic rings. The van der Waals surface area contributed by atoms with E-state index < -0.39 is 4.92 Å². The highest BCUT2D eigenvalue weighted by atomic mass is 16.6. The van der Waals surface area contributed by atoms with E-state index in [4.69, 9.17) is 14.2 Å². The van der Waals surface area contributed by atoms with Gasteiger partial charge >= 0.3 is 5.69 Å². The Labute approximate surface area is 143 Å². The van der Waals surface area contributed by atoms with Gasteiger partial charge in [-0.1, -0.05) is 0 Å². The van der Waals surface area contributed by atoms with E-state index in [0.717, 1.165) is 11.0 Å². The van der Waals surface area contributed by atoms with Crippen molar-refractivity contribution in [2.75, 3.05) is 20.8 Å². The van der Waals surface area contributed by atoms with Gasteiger partial charge in [0.15, 0.2) is 5.75 Å². The van der Waals surface area contributed by atoms with E-state index in [1.54, 1.807) is 26.2 Å². The Bertz CT molecular complexity index is 935. The lowest BCUT2D eigenvalue weighted by Gasteiger charge is -2.10. The van der Waals surface area contributed by atoms with Crippen molar-refractivity contribution in [1.29, 1.82) is 0 Å². The van der Waals surface area contributed by atoms with Crippen LogP contribution < -0.4 is 14.2 Å². The number of hydrogen-bond donors (Lipinski definition) is 1. The van der Waals surface area contributed by atoms with Crippen LogP contribution in [0.2, 0.25) is 0 Å². The number of nitro benzene ring substituents is 1. The predicted molar refractivity (Wildman–Crippen MR) is 92.5 cm³/mol. The van der Waals surface area contributed by atoms with Gasteiger partial charge < -0.3 is 19.2 Å². The van der Waals surface area contributed by atoms with Gasteiger partial charge in [-0.05, 0) is 25.1 Å². The molecule has 0 unspecified atom stereocenters. The van der Waals surface area contributed by atoms with E-state index in [1.165, 1.54) is 13.2 Å². The van der Waals surface area contributed by atoms with Crippen molar-refractivity contribution in [2.24, 2.45) is 0 Å². The molecule has 25 heavy (non-hydrogen) atoms. The van der Waals surface area contributed by atoms with Crippen molar-refractivity contribution in [3.8, 4) is 28.6 Å². The number of nitrogens with one attached hydrogen (secondary N) is 1. The summed E-state index contributed by atoms with van der Waals surface area (Å²) in [5.74, 6) is 1.58. The number of nitro groups is 1. The molecule has 0 fully saturated rings. The lowest BCUT2D eigenvalue weighted by Crippen LogP contribution is -2.01. The van der Waals surface area contributed by atoms with Gasteiger partial charge in [0.05, 0.1) is 36.8 Å². The molecule has 0 aliphatic carbocycles. The second-order valence-electron chi connectivity index (χ2n) is 5.19. The maximum atomic E-state index is 11.4. The Kier molecular flexibility index (Phi) is 4.42. The highest BCUT2D eigenvalue weighted by molar-refractivity contribution is 5.82. The number of fused-ring (bicyclic) bond motifs is 1. The molecule has 0 amide bonds. The predicted octanol–water partition coefficient (Wildman–Crippen LogP) is 3.55. The molecule has 8 heteroatoms. The van der Waals surface area contributed by atoms with Crippen LogP contribution in [0, 0.1) is 10.1 Å². The number of imidazole rings is 1. The van der Waals surface area contributed by atoms with Crippen LogP contribution in [0.3, 0.4) is 0 Å². The van der Waals surface area contributed by atoms with Gasteiger partial charge in [-0.3, -0.25) is 10.1 Å². The van der Waals surface area contributed by atoms with Crippen LogP contribution in [-0.4, -0.2) is 35.7 Å². The number of rotatable bonds is 6. The highest BCUT2D eigenvalue weighted by Gasteiger charge is 2.23. The largest absolute Gasteiger partial charge is 0.497 e. The second-order valence-corrected chi connectivity index (χ2v) is 5.19. The molecule has 3 aromatic rings. The first-order valence-electron chi connectivity index (χ1n) is 7.60. The smallest absolute Gasteiger partial charge is 0.315 e. The summed E-state index contributed by atoms with van der Waals surface area (Å²) in [5, 5.41) is 11.4. The van der Waals surface area contributed by atoms with Gasteiger partial charge in [0.25, 0.3) is 0 Å². The van der Waals surface area contributed by atoms with Crippen molar-refractivity contribution >= 4 is 16.7 Å². The van der Waals surface area contributed by atoms with Crippen LogP contribution in [-0.2, 0) is 0 Å². The molecule has 0 bridgehead atoms. The fraction of sp³-hybridized carbons (Fsp3) is 0.235. The van der Waals surface area contributed by atoms with E-state index in [0.29, 0.717) is 23.7 Å². The van der Waals surface area contributed by atoms with Crippen LogP contribution in [0.5, 0.6) is 17.2 Å². The topological polar surface area (TPSA) is 99.5 Å². The number of nitrogens with zero attached hydrogens (tertiary/aromatic N) is 2. The van der Waals surface area contributed by atoms with Crippen molar-refractivity contribution in [1.82, 2.24) is 9.97 Å². The van der Waals surface area contributed by atoms with Gasteiger partial charge in [0, 0.05) is 17.7 Å². The summed E-state index contributed by atoms with van der Waals surface area (Å²) in [4.78, 5) is 18.6. The summed E-state index contributed by atoms with van der Waals surface area (Å²) in [6.07, 6.45) is 0. The van der Waals surface area contributed by atoms with Crippen LogP contribution in [0.25, 0.3) is 22.4 Å². The summed E-state index contributed by atoms with van der Waals surface area (Å²) in [7, 11) is 3.02. The van der Waals surface area contributed by atoms with E-state index in [-0.39, 0.29) is 17.2 Å². The molecule has 1 N–H and O–H groups in total. The van der Waals surface area contributed by atoms with Gasteiger partial charge in [0.1, 0.15) is 11.6 Å². The average Bonchev–Trinajstić information content (AvgIpc) is 3.04. The summed E-state index contributed by atoms with van der Waals surface area (Å²) in [6, 6.07) is 8.50. The highest BCUT2D eigenvalue weighted by Crippen LogP contribution is 2.41. The van der Waals surface area contributed by atoms with E-state index in [2.05, 4.69) is 9.97 Å². The van der Waals surface area contributed by atoms with E-state index in [9.17, 15) is 10.1 Å².